The quantitative estimate of drug-likeness (QED) is 0.658. The summed E-state index contributed by atoms with van der Waals surface area (Å²) in [4.78, 5) is 15.8. The van der Waals surface area contributed by atoms with Crippen molar-refractivity contribution >= 4 is 11.8 Å². The molecule has 4 nitrogen and oxygen atoms in total. The van der Waals surface area contributed by atoms with Crippen LogP contribution in [0.4, 0.5) is 0 Å². The summed E-state index contributed by atoms with van der Waals surface area (Å²) in [7, 11) is 0. The summed E-state index contributed by atoms with van der Waals surface area (Å²) in [5.41, 5.74) is 5.21. The first kappa shape index (κ1) is 19.3. The molecule has 1 saturated carbocycles. The molecule has 1 amide bonds. The van der Waals surface area contributed by atoms with Gasteiger partial charge in [0.15, 0.2) is 5.90 Å². The second-order valence-corrected chi connectivity index (χ2v) is 7.62. The standard InChI is InChI=1S/C20H36N2O2/c1-2-16(11-9-10-14-19(21)23)20-22-18(15-24-20)17-12-7-5-3-4-6-8-13-17/h16-18H,2-15H2,1H3,(H2,21,23). The zero-order valence-corrected chi connectivity index (χ0v) is 15.5. The summed E-state index contributed by atoms with van der Waals surface area (Å²) in [6.45, 7) is 3.00. The molecule has 0 bridgehead atoms. The van der Waals surface area contributed by atoms with Crippen molar-refractivity contribution in [2.45, 2.75) is 96.4 Å². The Morgan fingerprint density at radius 3 is 2.46 bits per heavy atom. The van der Waals surface area contributed by atoms with Gasteiger partial charge in [0.1, 0.15) is 6.61 Å². The zero-order valence-electron chi connectivity index (χ0n) is 15.5. The molecule has 1 fully saturated rings. The number of carbonyl (C=O) groups is 1. The van der Waals surface area contributed by atoms with Crippen molar-refractivity contribution in [3.63, 3.8) is 0 Å². The normalized spacial score (nSPS) is 24.4. The second-order valence-electron chi connectivity index (χ2n) is 7.62. The van der Waals surface area contributed by atoms with Crippen LogP contribution in [0.3, 0.4) is 0 Å². The van der Waals surface area contributed by atoms with Gasteiger partial charge in [0.2, 0.25) is 5.91 Å². The van der Waals surface area contributed by atoms with Crippen LogP contribution in [0.5, 0.6) is 0 Å². The van der Waals surface area contributed by atoms with Crippen LogP contribution < -0.4 is 5.73 Å². The minimum Gasteiger partial charge on any atom is -0.478 e. The van der Waals surface area contributed by atoms with Crippen LogP contribution in [-0.2, 0) is 9.53 Å². The number of hydrogen-bond donors (Lipinski definition) is 1. The van der Waals surface area contributed by atoms with E-state index >= 15 is 0 Å². The lowest BCUT2D eigenvalue weighted by Gasteiger charge is -2.19. The van der Waals surface area contributed by atoms with Gasteiger partial charge >= 0.3 is 0 Å². The Labute approximate surface area is 147 Å². The van der Waals surface area contributed by atoms with Crippen molar-refractivity contribution in [2.75, 3.05) is 6.61 Å². The Kier molecular flexibility index (Phi) is 8.62. The molecule has 2 aliphatic rings. The van der Waals surface area contributed by atoms with Crippen LogP contribution in [0.15, 0.2) is 4.99 Å². The molecule has 0 spiro atoms. The van der Waals surface area contributed by atoms with Crippen LogP contribution >= 0.6 is 0 Å². The van der Waals surface area contributed by atoms with Crippen molar-refractivity contribution < 1.29 is 9.53 Å². The Balaban J connectivity index is 1.83. The topological polar surface area (TPSA) is 64.7 Å². The zero-order chi connectivity index (χ0) is 17.2. The van der Waals surface area contributed by atoms with Crippen LogP contribution in [-0.4, -0.2) is 24.5 Å². The monoisotopic (exact) mass is 336 g/mol. The molecule has 2 unspecified atom stereocenters. The van der Waals surface area contributed by atoms with Gasteiger partial charge in [-0.05, 0) is 38.0 Å². The smallest absolute Gasteiger partial charge is 0.217 e. The maximum absolute atomic E-state index is 10.8. The van der Waals surface area contributed by atoms with Gasteiger partial charge in [0.25, 0.3) is 0 Å². The fourth-order valence-electron chi connectivity index (χ4n) is 4.11. The van der Waals surface area contributed by atoms with Crippen LogP contribution in [0, 0.1) is 11.8 Å². The SMILES string of the molecule is CCC(CCCCC(N)=O)C1=NC(C2CCCCCCCC2)CO1. The van der Waals surface area contributed by atoms with Gasteiger partial charge in [-0.1, -0.05) is 51.9 Å². The summed E-state index contributed by atoms with van der Waals surface area (Å²) in [5, 5.41) is 0. The van der Waals surface area contributed by atoms with E-state index in [9.17, 15) is 4.79 Å². The molecule has 0 aromatic carbocycles. The van der Waals surface area contributed by atoms with E-state index in [1.807, 2.05) is 0 Å². The van der Waals surface area contributed by atoms with Crippen molar-refractivity contribution in [1.82, 2.24) is 0 Å². The van der Waals surface area contributed by atoms with Crippen LogP contribution in [0.25, 0.3) is 0 Å². The third-order valence-corrected chi connectivity index (χ3v) is 5.71. The lowest BCUT2D eigenvalue weighted by molar-refractivity contribution is -0.118. The van der Waals surface area contributed by atoms with Crippen molar-refractivity contribution in [3.05, 3.63) is 0 Å². The lowest BCUT2D eigenvalue weighted by atomic mass is 9.90. The molecule has 1 aliphatic carbocycles. The fraction of sp³-hybridized carbons (Fsp3) is 0.900. The van der Waals surface area contributed by atoms with Crippen LogP contribution in [0.1, 0.15) is 90.4 Å². The van der Waals surface area contributed by atoms with Crippen molar-refractivity contribution in [2.24, 2.45) is 22.6 Å². The third-order valence-electron chi connectivity index (χ3n) is 5.71. The maximum atomic E-state index is 10.8. The molecule has 4 heteroatoms. The minimum atomic E-state index is -0.197. The van der Waals surface area contributed by atoms with Gasteiger partial charge in [-0.3, -0.25) is 4.79 Å². The highest BCUT2D eigenvalue weighted by Gasteiger charge is 2.30. The second kappa shape index (κ2) is 10.7. The molecular weight excluding hydrogens is 300 g/mol. The molecular formula is C20H36N2O2. The van der Waals surface area contributed by atoms with E-state index in [1.165, 1.54) is 51.4 Å². The summed E-state index contributed by atoms with van der Waals surface area (Å²) in [6, 6.07) is 0.387. The number of nitrogens with two attached hydrogens (primary N) is 1. The highest BCUT2D eigenvalue weighted by Crippen LogP contribution is 2.30. The third kappa shape index (κ3) is 6.45. The van der Waals surface area contributed by atoms with Gasteiger partial charge < -0.3 is 10.5 Å². The molecule has 138 valence electrons. The molecule has 0 aromatic rings. The molecule has 0 aromatic heterocycles. The summed E-state index contributed by atoms with van der Waals surface area (Å²) in [5.74, 6) is 1.92. The number of nitrogens with zero attached hydrogens (tertiary/aromatic N) is 1. The first-order valence-electron chi connectivity index (χ1n) is 10.2. The van der Waals surface area contributed by atoms with Crippen LogP contribution in [0.2, 0.25) is 0 Å². The van der Waals surface area contributed by atoms with E-state index in [0.717, 1.165) is 38.2 Å². The van der Waals surface area contributed by atoms with E-state index in [-0.39, 0.29) is 5.91 Å². The summed E-state index contributed by atoms with van der Waals surface area (Å²) >= 11 is 0. The highest BCUT2D eigenvalue weighted by molar-refractivity contribution is 5.80. The number of amides is 1. The molecule has 2 rings (SSSR count). The first-order valence-corrected chi connectivity index (χ1v) is 10.2. The predicted octanol–water partition coefficient (Wildman–Crippen LogP) is 4.61. The van der Waals surface area contributed by atoms with Gasteiger partial charge in [-0.25, -0.2) is 4.99 Å². The average molecular weight is 337 g/mol. The molecule has 24 heavy (non-hydrogen) atoms. The predicted molar refractivity (Wildman–Crippen MR) is 99.0 cm³/mol. The molecule has 1 heterocycles. The number of ether oxygens (including phenoxy) is 1. The number of carbonyl (C=O) groups excluding carboxylic acids is 1. The molecule has 1 aliphatic heterocycles. The van der Waals surface area contributed by atoms with Gasteiger partial charge in [-0.2, -0.15) is 0 Å². The number of rotatable bonds is 8. The maximum Gasteiger partial charge on any atom is 0.217 e. The Hall–Kier alpha value is -1.06. The Bertz CT molecular complexity index is 398. The summed E-state index contributed by atoms with van der Waals surface area (Å²) in [6.07, 6.45) is 15.5. The molecule has 2 atom stereocenters. The van der Waals surface area contributed by atoms with E-state index in [2.05, 4.69) is 6.92 Å². The first-order chi connectivity index (χ1) is 11.7. The lowest BCUT2D eigenvalue weighted by Crippen LogP contribution is -2.20. The number of primary amides is 1. The summed E-state index contributed by atoms with van der Waals surface area (Å²) < 4.78 is 6.01. The largest absolute Gasteiger partial charge is 0.478 e. The van der Waals surface area contributed by atoms with E-state index in [0.29, 0.717) is 24.3 Å². The molecule has 0 saturated heterocycles. The molecule has 2 N–H and O–H groups in total. The minimum absolute atomic E-state index is 0.197. The number of aliphatic imine (C=N–C) groups is 1. The highest BCUT2D eigenvalue weighted by atomic mass is 16.5. The number of hydrogen-bond acceptors (Lipinski definition) is 3. The Morgan fingerprint density at radius 2 is 1.83 bits per heavy atom. The Morgan fingerprint density at radius 1 is 1.17 bits per heavy atom. The van der Waals surface area contributed by atoms with E-state index < -0.39 is 0 Å². The van der Waals surface area contributed by atoms with E-state index in [1.54, 1.807) is 0 Å². The van der Waals surface area contributed by atoms with Gasteiger partial charge in [0, 0.05) is 12.3 Å². The molecule has 0 radical (unpaired) electrons. The average Bonchev–Trinajstić information content (AvgIpc) is 3.08. The van der Waals surface area contributed by atoms with Gasteiger partial charge in [-0.15, -0.1) is 0 Å². The van der Waals surface area contributed by atoms with Gasteiger partial charge in [0.05, 0.1) is 6.04 Å². The fourth-order valence-corrected chi connectivity index (χ4v) is 4.11. The number of unbranched alkanes of at least 4 members (excludes halogenated alkanes) is 1. The van der Waals surface area contributed by atoms with Crippen molar-refractivity contribution in [3.8, 4) is 0 Å². The van der Waals surface area contributed by atoms with Crippen molar-refractivity contribution in [1.29, 1.82) is 0 Å². The van der Waals surface area contributed by atoms with E-state index in [4.69, 9.17) is 15.5 Å².